The summed E-state index contributed by atoms with van der Waals surface area (Å²) < 4.78 is 18.6. The third-order valence-electron chi connectivity index (χ3n) is 4.30. The number of halogens is 1. The van der Waals surface area contributed by atoms with E-state index in [0.717, 1.165) is 0 Å². The Morgan fingerprint density at radius 2 is 1.84 bits per heavy atom. The first-order chi connectivity index (χ1) is 14.8. The van der Waals surface area contributed by atoms with Crippen LogP contribution in [0.15, 0.2) is 71.9 Å². The Bertz CT molecular complexity index is 1150. The Kier molecular flexibility index (Phi) is 6.56. The van der Waals surface area contributed by atoms with Crippen LogP contribution in [0.4, 0.5) is 10.1 Å². The molecule has 158 valence electrons. The molecular weight excluding hydrogens is 405 g/mol. The number of oxime groups is 1. The number of nitro groups is 1. The average Bonchev–Trinajstić information content (AvgIpc) is 2.76. The molecule has 2 N–H and O–H groups in total. The largest absolute Gasteiger partial charge is 0.489 e. The minimum absolute atomic E-state index is 0.0116. The fraction of sp³-hybridized carbons (Fsp3) is 0.0909. The van der Waals surface area contributed by atoms with Gasteiger partial charge in [0.2, 0.25) is 0 Å². The molecule has 0 aromatic heterocycles. The standard InChI is InChI=1S/C22H18FN3O5/c1-14-11-19(9-10-20(14)26(28)29)30-13-15-3-2-4-17(12-15)22(27)31-25-21(24)16-5-7-18(23)8-6-16/h2-12H,13H2,1H3,(H2,24,25). The van der Waals surface area contributed by atoms with Crippen molar-refractivity contribution < 1.29 is 23.7 Å². The van der Waals surface area contributed by atoms with Gasteiger partial charge in [0, 0.05) is 17.2 Å². The number of nitrogens with two attached hydrogens (primary N) is 1. The Morgan fingerprint density at radius 1 is 1.10 bits per heavy atom. The molecule has 0 saturated carbocycles. The lowest BCUT2D eigenvalue weighted by molar-refractivity contribution is -0.385. The highest BCUT2D eigenvalue weighted by Crippen LogP contribution is 2.23. The summed E-state index contributed by atoms with van der Waals surface area (Å²) in [5.41, 5.74) is 7.56. The maximum absolute atomic E-state index is 13.0. The molecule has 3 aromatic carbocycles. The molecule has 0 saturated heterocycles. The first-order valence-electron chi connectivity index (χ1n) is 9.11. The van der Waals surface area contributed by atoms with E-state index in [9.17, 15) is 19.3 Å². The van der Waals surface area contributed by atoms with Gasteiger partial charge in [-0.15, -0.1) is 0 Å². The van der Waals surface area contributed by atoms with Crippen LogP contribution in [-0.4, -0.2) is 16.7 Å². The van der Waals surface area contributed by atoms with Crippen LogP contribution in [0, 0.1) is 22.9 Å². The number of benzene rings is 3. The number of hydrogen-bond donors (Lipinski definition) is 1. The Morgan fingerprint density at radius 3 is 2.52 bits per heavy atom. The van der Waals surface area contributed by atoms with E-state index in [1.807, 2.05) is 0 Å². The van der Waals surface area contributed by atoms with Crippen molar-refractivity contribution in [2.75, 3.05) is 0 Å². The molecule has 0 radical (unpaired) electrons. The normalized spacial score (nSPS) is 11.1. The number of carbonyl (C=O) groups excluding carboxylic acids is 1. The van der Waals surface area contributed by atoms with Crippen LogP contribution in [0.2, 0.25) is 0 Å². The van der Waals surface area contributed by atoms with E-state index in [-0.39, 0.29) is 23.7 Å². The van der Waals surface area contributed by atoms with E-state index >= 15 is 0 Å². The molecule has 3 rings (SSSR count). The van der Waals surface area contributed by atoms with Gasteiger partial charge in [0.15, 0.2) is 5.84 Å². The number of amidine groups is 1. The van der Waals surface area contributed by atoms with Gasteiger partial charge in [0.05, 0.1) is 10.5 Å². The second-order valence-corrected chi connectivity index (χ2v) is 6.56. The molecule has 0 atom stereocenters. The van der Waals surface area contributed by atoms with Crippen LogP contribution >= 0.6 is 0 Å². The molecule has 8 nitrogen and oxygen atoms in total. The summed E-state index contributed by atoms with van der Waals surface area (Å²) in [7, 11) is 0. The van der Waals surface area contributed by atoms with Gasteiger partial charge in [-0.1, -0.05) is 17.3 Å². The zero-order valence-corrected chi connectivity index (χ0v) is 16.4. The van der Waals surface area contributed by atoms with Gasteiger partial charge in [-0.2, -0.15) is 0 Å². The summed E-state index contributed by atoms with van der Waals surface area (Å²) in [6.07, 6.45) is 0. The van der Waals surface area contributed by atoms with E-state index in [1.54, 1.807) is 37.3 Å². The number of nitrogens with zero attached hydrogens (tertiary/aromatic N) is 2. The topological polar surface area (TPSA) is 117 Å². The minimum Gasteiger partial charge on any atom is -0.489 e. The Hall–Kier alpha value is -4.27. The van der Waals surface area contributed by atoms with Crippen molar-refractivity contribution in [1.29, 1.82) is 0 Å². The lowest BCUT2D eigenvalue weighted by Gasteiger charge is -2.08. The summed E-state index contributed by atoms with van der Waals surface area (Å²) in [6.45, 7) is 1.76. The molecule has 0 aliphatic carbocycles. The Labute approximate surface area is 176 Å². The molecule has 3 aromatic rings. The van der Waals surface area contributed by atoms with Crippen LogP contribution in [0.3, 0.4) is 0 Å². The van der Waals surface area contributed by atoms with Crippen molar-refractivity contribution >= 4 is 17.5 Å². The second-order valence-electron chi connectivity index (χ2n) is 6.56. The predicted octanol–water partition coefficient (Wildman–Crippen LogP) is 4.10. The number of hydrogen-bond acceptors (Lipinski definition) is 6. The van der Waals surface area contributed by atoms with E-state index in [4.69, 9.17) is 15.3 Å². The number of ether oxygens (including phenoxy) is 1. The van der Waals surface area contributed by atoms with Crippen molar-refractivity contribution in [2.24, 2.45) is 10.9 Å². The van der Waals surface area contributed by atoms with Gasteiger partial charge in [-0.25, -0.2) is 9.18 Å². The SMILES string of the molecule is Cc1cc(OCc2cccc(C(=O)O/N=C(\N)c3ccc(F)cc3)c2)ccc1[N+](=O)[O-]. The van der Waals surface area contributed by atoms with Gasteiger partial charge in [0.25, 0.3) is 5.69 Å². The first-order valence-corrected chi connectivity index (χ1v) is 9.11. The molecule has 0 fully saturated rings. The minimum atomic E-state index is -0.724. The maximum atomic E-state index is 13.0. The van der Waals surface area contributed by atoms with E-state index < -0.39 is 16.7 Å². The zero-order valence-electron chi connectivity index (χ0n) is 16.4. The molecule has 0 aliphatic rings. The highest BCUT2D eigenvalue weighted by atomic mass is 19.1. The highest BCUT2D eigenvalue weighted by Gasteiger charge is 2.12. The molecule has 9 heteroatoms. The van der Waals surface area contributed by atoms with Gasteiger partial charge in [0.1, 0.15) is 18.2 Å². The van der Waals surface area contributed by atoms with Crippen LogP contribution in [-0.2, 0) is 11.4 Å². The number of nitro benzene ring substituents is 1. The summed E-state index contributed by atoms with van der Waals surface area (Å²) >= 11 is 0. The molecule has 0 spiro atoms. The molecule has 0 amide bonds. The summed E-state index contributed by atoms with van der Waals surface area (Å²) in [4.78, 5) is 27.6. The maximum Gasteiger partial charge on any atom is 0.365 e. The van der Waals surface area contributed by atoms with Gasteiger partial charge in [-0.05, 0) is 61.0 Å². The number of carbonyl (C=O) groups is 1. The molecule has 0 aliphatic heterocycles. The van der Waals surface area contributed by atoms with Crippen LogP contribution in [0.1, 0.15) is 27.0 Å². The van der Waals surface area contributed by atoms with Crippen LogP contribution in [0.25, 0.3) is 0 Å². The third-order valence-corrected chi connectivity index (χ3v) is 4.30. The van der Waals surface area contributed by atoms with Crippen molar-refractivity contribution in [3.8, 4) is 5.75 Å². The zero-order chi connectivity index (χ0) is 22.4. The van der Waals surface area contributed by atoms with Crippen LogP contribution in [0.5, 0.6) is 5.75 Å². The van der Waals surface area contributed by atoms with Crippen LogP contribution < -0.4 is 10.5 Å². The summed E-state index contributed by atoms with van der Waals surface area (Å²) in [6, 6.07) is 16.3. The van der Waals surface area contributed by atoms with Gasteiger partial charge in [-0.3, -0.25) is 10.1 Å². The Balaban J connectivity index is 1.63. The molecule has 0 unspecified atom stereocenters. The van der Waals surface area contributed by atoms with Crippen molar-refractivity contribution in [3.05, 3.63) is 105 Å². The van der Waals surface area contributed by atoms with E-state index in [0.29, 0.717) is 22.4 Å². The third kappa shape index (κ3) is 5.63. The highest BCUT2D eigenvalue weighted by molar-refractivity contribution is 5.98. The fourth-order valence-electron chi connectivity index (χ4n) is 2.69. The number of rotatable bonds is 7. The second kappa shape index (κ2) is 9.49. The van der Waals surface area contributed by atoms with Gasteiger partial charge >= 0.3 is 5.97 Å². The summed E-state index contributed by atoms with van der Waals surface area (Å²) in [5.74, 6) is -0.747. The van der Waals surface area contributed by atoms with Crippen molar-refractivity contribution in [3.63, 3.8) is 0 Å². The molecule has 0 bridgehead atoms. The molecule has 0 heterocycles. The van der Waals surface area contributed by atoms with E-state index in [1.165, 1.54) is 36.4 Å². The monoisotopic (exact) mass is 423 g/mol. The smallest absolute Gasteiger partial charge is 0.365 e. The molecule has 31 heavy (non-hydrogen) atoms. The van der Waals surface area contributed by atoms with Crippen molar-refractivity contribution in [1.82, 2.24) is 0 Å². The predicted molar refractivity (Wildman–Crippen MR) is 111 cm³/mol. The first kappa shape index (κ1) is 21.4. The average molecular weight is 423 g/mol. The molecular formula is C22H18FN3O5. The quantitative estimate of drug-likeness (QED) is 0.201. The fourth-order valence-corrected chi connectivity index (χ4v) is 2.69. The summed E-state index contributed by atoms with van der Waals surface area (Å²) in [5, 5.41) is 14.5. The lowest BCUT2D eigenvalue weighted by Crippen LogP contribution is -2.15. The van der Waals surface area contributed by atoms with Gasteiger partial charge < -0.3 is 15.3 Å². The van der Waals surface area contributed by atoms with E-state index in [2.05, 4.69) is 5.16 Å². The number of aryl methyl sites for hydroxylation is 1. The lowest BCUT2D eigenvalue weighted by atomic mass is 10.1. The van der Waals surface area contributed by atoms with Crippen molar-refractivity contribution in [2.45, 2.75) is 13.5 Å².